The predicted octanol–water partition coefficient (Wildman–Crippen LogP) is 3.42. The molecule has 27 heavy (non-hydrogen) atoms. The molecule has 0 aliphatic heterocycles. The summed E-state index contributed by atoms with van der Waals surface area (Å²) in [6.07, 6.45) is 0.930. The summed E-state index contributed by atoms with van der Waals surface area (Å²) < 4.78 is 9.61. The molecular weight excluding hydrogens is 352 g/mol. The molecule has 2 rings (SSSR count). The van der Waals surface area contributed by atoms with E-state index >= 15 is 0 Å². The summed E-state index contributed by atoms with van der Waals surface area (Å²) in [4.78, 5) is 33.8. The third kappa shape index (κ3) is 5.40. The predicted molar refractivity (Wildman–Crippen MR) is 97.2 cm³/mol. The van der Waals surface area contributed by atoms with Crippen LogP contribution in [0.5, 0.6) is 0 Å². The van der Waals surface area contributed by atoms with Gasteiger partial charge in [-0.3, -0.25) is 14.9 Å². The van der Waals surface area contributed by atoms with E-state index in [0.717, 1.165) is 24.1 Å². The normalized spacial score (nSPS) is 11.9. The fourth-order valence-electron chi connectivity index (χ4n) is 2.55. The number of aryl methyl sites for hydroxylation is 1. The third-order valence-corrected chi connectivity index (χ3v) is 4.04. The maximum absolute atomic E-state index is 12.2. The highest BCUT2D eigenvalue weighted by molar-refractivity contribution is 5.89. The number of rotatable bonds is 8. The smallest absolute Gasteiger partial charge is 0.433 e. The average Bonchev–Trinajstić information content (AvgIpc) is 3.14. The number of furan rings is 1. The van der Waals surface area contributed by atoms with Crippen LogP contribution in [0.2, 0.25) is 0 Å². The molecule has 8 nitrogen and oxygen atoms in total. The standard InChI is InChI=1S/C19H22N2O6/c1-4-13-5-7-14(8-6-13)18(12(2)3)20-16(22)11-26-19(23)15-9-10-17(27-15)21(24)25/h5-10,12,18H,4,11H2,1-3H3,(H,20,22)/t18-/m0/s1. The van der Waals surface area contributed by atoms with Crippen molar-refractivity contribution < 1.29 is 23.7 Å². The summed E-state index contributed by atoms with van der Waals surface area (Å²) in [6, 6.07) is 9.92. The Kier molecular flexibility index (Phi) is 6.70. The lowest BCUT2D eigenvalue weighted by Crippen LogP contribution is -2.35. The average molecular weight is 374 g/mol. The van der Waals surface area contributed by atoms with Gasteiger partial charge in [0.2, 0.25) is 5.76 Å². The van der Waals surface area contributed by atoms with Crippen LogP contribution in [0.25, 0.3) is 0 Å². The molecule has 0 aliphatic rings. The van der Waals surface area contributed by atoms with Gasteiger partial charge < -0.3 is 14.5 Å². The fraction of sp³-hybridized carbons (Fsp3) is 0.368. The number of nitrogens with one attached hydrogen (secondary N) is 1. The highest BCUT2D eigenvalue weighted by Gasteiger charge is 2.22. The molecule has 2 aromatic rings. The van der Waals surface area contributed by atoms with Crippen LogP contribution in [0.1, 0.15) is 48.5 Å². The molecule has 1 aromatic heterocycles. The van der Waals surface area contributed by atoms with Gasteiger partial charge in [-0.1, -0.05) is 45.0 Å². The quantitative estimate of drug-likeness (QED) is 0.430. The van der Waals surface area contributed by atoms with Crippen molar-refractivity contribution in [1.82, 2.24) is 5.32 Å². The SMILES string of the molecule is CCc1ccc([C@@H](NC(=O)COC(=O)c2ccc([N+](=O)[O-])o2)C(C)C)cc1. The molecule has 0 saturated heterocycles. The molecular formula is C19H22N2O6. The number of benzene rings is 1. The van der Waals surface area contributed by atoms with Crippen LogP contribution in [0.15, 0.2) is 40.8 Å². The van der Waals surface area contributed by atoms with Gasteiger partial charge in [-0.15, -0.1) is 0 Å². The molecule has 0 spiro atoms. The van der Waals surface area contributed by atoms with Crippen LogP contribution in [0.3, 0.4) is 0 Å². The molecule has 1 aromatic carbocycles. The maximum atomic E-state index is 12.2. The largest absolute Gasteiger partial charge is 0.450 e. The van der Waals surface area contributed by atoms with E-state index < -0.39 is 29.3 Å². The van der Waals surface area contributed by atoms with Crippen LogP contribution in [-0.2, 0) is 16.0 Å². The Balaban J connectivity index is 1.94. The van der Waals surface area contributed by atoms with Crippen molar-refractivity contribution in [2.45, 2.75) is 33.2 Å². The zero-order valence-electron chi connectivity index (χ0n) is 15.4. The molecule has 0 unspecified atom stereocenters. The van der Waals surface area contributed by atoms with Crippen LogP contribution in [0, 0.1) is 16.0 Å². The second-order valence-electron chi connectivity index (χ2n) is 6.36. The first-order valence-corrected chi connectivity index (χ1v) is 8.61. The summed E-state index contributed by atoms with van der Waals surface area (Å²) in [5, 5.41) is 13.4. The minimum atomic E-state index is -0.938. The molecule has 1 heterocycles. The number of nitro groups is 1. The number of ether oxygens (including phenoxy) is 1. The third-order valence-electron chi connectivity index (χ3n) is 4.04. The van der Waals surface area contributed by atoms with Crippen molar-refractivity contribution in [3.63, 3.8) is 0 Å². The van der Waals surface area contributed by atoms with Crippen LogP contribution in [-0.4, -0.2) is 23.4 Å². The van der Waals surface area contributed by atoms with Gasteiger partial charge in [0.05, 0.1) is 12.1 Å². The van der Waals surface area contributed by atoms with Crippen LogP contribution in [0.4, 0.5) is 5.88 Å². The van der Waals surface area contributed by atoms with E-state index in [1.54, 1.807) is 0 Å². The maximum Gasteiger partial charge on any atom is 0.433 e. The minimum Gasteiger partial charge on any atom is -0.450 e. The lowest BCUT2D eigenvalue weighted by atomic mass is 9.95. The lowest BCUT2D eigenvalue weighted by molar-refractivity contribution is -0.402. The van der Waals surface area contributed by atoms with Gasteiger partial charge in [-0.2, -0.15) is 0 Å². The molecule has 144 valence electrons. The van der Waals surface area contributed by atoms with E-state index in [2.05, 4.69) is 12.2 Å². The van der Waals surface area contributed by atoms with Crippen LogP contribution < -0.4 is 5.32 Å². The monoisotopic (exact) mass is 374 g/mol. The molecule has 1 atom stereocenters. The summed E-state index contributed by atoms with van der Waals surface area (Å²) in [5.74, 6) is -2.17. The highest BCUT2D eigenvalue weighted by Crippen LogP contribution is 2.22. The van der Waals surface area contributed by atoms with E-state index in [0.29, 0.717) is 0 Å². The van der Waals surface area contributed by atoms with Gasteiger partial charge in [0, 0.05) is 0 Å². The number of carbonyl (C=O) groups excluding carboxylic acids is 2. The second kappa shape index (κ2) is 8.98. The Labute approximate surface area is 156 Å². The van der Waals surface area contributed by atoms with Crippen LogP contribution >= 0.6 is 0 Å². The first-order valence-electron chi connectivity index (χ1n) is 8.61. The van der Waals surface area contributed by atoms with E-state index in [1.807, 2.05) is 38.1 Å². The number of esters is 1. The summed E-state index contributed by atoms with van der Waals surface area (Å²) >= 11 is 0. The number of hydrogen-bond acceptors (Lipinski definition) is 6. The topological polar surface area (TPSA) is 112 Å². The van der Waals surface area contributed by atoms with E-state index in [9.17, 15) is 19.7 Å². The van der Waals surface area contributed by atoms with Crippen molar-refractivity contribution in [1.29, 1.82) is 0 Å². The summed E-state index contributed by atoms with van der Waals surface area (Å²) in [5.41, 5.74) is 2.16. The van der Waals surface area contributed by atoms with Crippen molar-refractivity contribution in [3.8, 4) is 0 Å². The number of hydrogen-bond donors (Lipinski definition) is 1. The van der Waals surface area contributed by atoms with Gasteiger partial charge in [0.15, 0.2) is 6.61 Å². The molecule has 8 heteroatoms. The molecule has 0 fully saturated rings. The summed E-state index contributed by atoms with van der Waals surface area (Å²) in [6.45, 7) is 5.52. The highest BCUT2D eigenvalue weighted by atomic mass is 16.7. The first kappa shape index (κ1) is 20.2. The molecule has 1 N–H and O–H groups in total. The lowest BCUT2D eigenvalue weighted by Gasteiger charge is -2.23. The van der Waals surface area contributed by atoms with E-state index in [1.165, 1.54) is 5.56 Å². The summed E-state index contributed by atoms with van der Waals surface area (Å²) in [7, 11) is 0. The second-order valence-corrected chi connectivity index (χ2v) is 6.36. The Morgan fingerprint density at radius 3 is 2.37 bits per heavy atom. The zero-order chi connectivity index (χ0) is 20.0. The minimum absolute atomic E-state index is 0.129. The molecule has 0 aliphatic carbocycles. The van der Waals surface area contributed by atoms with Crippen molar-refractivity contribution in [2.75, 3.05) is 6.61 Å². The first-order chi connectivity index (χ1) is 12.8. The van der Waals surface area contributed by atoms with Crippen molar-refractivity contribution in [2.24, 2.45) is 5.92 Å². The Bertz CT molecular complexity index is 810. The fourth-order valence-corrected chi connectivity index (χ4v) is 2.55. The molecule has 0 radical (unpaired) electrons. The molecule has 1 amide bonds. The number of amides is 1. The molecule has 0 saturated carbocycles. The van der Waals surface area contributed by atoms with Crippen molar-refractivity contribution >= 4 is 17.8 Å². The van der Waals surface area contributed by atoms with Gasteiger partial charge >= 0.3 is 11.9 Å². The van der Waals surface area contributed by atoms with Gasteiger partial charge in [0.25, 0.3) is 5.91 Å². The Morgan fingerprint density at radius 2 is 1.85 bits per heavy atom. The van der Waals surface area contributed by atoms with E-state index in [4.69, 9.17) is 9.15 Å². The zero-order valence-corrected chi connectivity index (χ0v) is 15.4. The number of nitrogens with zero attached hydrogens (tertiary/aromatic N) is 1. The van der Waals surface area contributed by atoms with Gasteiger partial charge in [-0.05, 0) is 29.5 Å². The van der Waals surface area contributed by atoms with Gasteiger partial charge in [-0.25, -0.2) is 4.79 Å². The Hall–Kier alpha value is -3.16. The van der Waals surface area contributed by atoms with Gasteiger partial charge in [0.1, 0.15) is 4.92 Å². The van der Waals surface area contributed by atoms with Crippen molar-refractivity contribution in [3.05, 3.63) is 63.4 Å². The number of carbonyl (C=O) groups is 2. The molecule has 0 bridgehead atoms. The van der Waals surface area contributed by atoms with E-state index in [-0.39, 0.29) is 17.7 Å². The Morgan fingerprint density at radius 1 is 1.19 bits per heavy atom.